The lowest BCUT2D eigenvalue weighted by Gasteiger charge is -2.19. The molecule has 2 atom stereocenters. The Morgan fingerprint density at radius 1 is 1.39 bits per heavy atom. The maximum Gasteiger partial charge on any atom is 0.0966 e. The summed E-state index contributed by atoms with van der Waals surface area (Å²) in [5.74, 6) is 0. The second-order valence-electron chi connectivity index (χ2n) is 5.22. The van der Waals surface area contributed by atoms with E-state index in [-0.39, 0.29) is 6.04 Å². The zero-order chi connectivity index (χ0) is 12.7. The van der Waals surface area contributed by atoms with Gasteiger partial charge >= 0.3 is 0 Å². The van der Waals surface area contributed by atoms with E-state index in [4.69, 9.17) is 0 Å². The zero-order valence-electron chi connectivity index (χ0n) is 11.0. The van der Waals surface area contributed by atoms with Gasteiger partial charge in [0.15, 0.2) is 0 Å². The van der Waals surface area contributed by atoms with Crippen LogP contribution in [-0.2, 0) is 7.05 Å². The van der Waals surface area contributed by atoms with Crippen LogP contribution in [0.1, 0.15) is 30.2 Å². The Balaban J connectivity index is 2.13. The molecular weight excluding hydrogens is 224 g/mol. The van der Waals surface area contributed by atoms with E-state index in [0.29, 0.717) is 0 Å². The molecule has 0 spiro atoms. The van der Waals surface area contributed by atoms with Crippen molar-refractivity contribution in [2.24, 2.45) is 7.05 Å². The fourth-order valence-electron chi connectivity index (χ4n) is 3.11. The second kappa shape index (κ2) is 4.41. The lowest BCUT2D eigenvalue weighted by Crippen LogP contribution is -2.29. The highest BCUT2D eigenvalue weighted by molar-refractivity contribution is 5.85. The smallest absolute Gasteiger partial charge is 0.0966 e. The molecule has 0 radical (unpaired) electrons. The van der Waals surface area contributed by atoms with Gasteiger partial charge < -0.3 is 15.0 Å². The molecule has 0 bridgehead atoms. The van der Waals surface area contributed by atoms with Crippen LogP contribution in [0.4, 0.5) is 0 Å². The highest BCUT2D eigenvalue weighted by atomic mass is 16.3. The van der Waals surface area contributed by atoms with Crippen LogP contribution in [0, 0.1) is 6.92 Å². The summed E-state index contributed by atoms with van der Waals surface area (Å²) in [7, 11) is 2.07. The van der Waals surface area contributed by atoms with Gasteiger partial charge in [0.1, 0.15) is 0 Å². The Morgan fingerprint density at radius 3 is 2.89 bits per heavy atom. The number of benzene rings is 1. The van der Waals surface area contributed by atoms with Gasteiger partial charge in [-0.15, -0.1) is 0 Å². The van der Waals surface area contributed by atoms with Gasteiger partial charge in [-0.2, -0.15) is 0 Å². The number of para-hydroxylation sites is 1. The van der Waals surface area contributed by atoms with Crippen LogP contribution in [0.3, 0.4) is 0 Å². The van der Waals surface area contributed by atoms with Gasteiger partial charge in [-0.25, -0.2) is 0 Å². The molecule has 1 aliphatic heterocycles. The van der Waals surface area contributed by atoms with E-state index in [9.17, 15) is 5.11 Å². The molecule has 0 amide bonds. The van der Waals surface area contributed by atoms with Crippen molar-refractivity contribution >= 4 is 10.9 Å². The number of rotatable bonds is 2. The standard InChI is InChI=1S/C15H20N2O/c1-10-14(15(18)12-7-5-9-16-12)11-6-3-4-8-13(11)17(10)2/h3-4,6,8,12,15-16,18H,5,7,9H2,1-2H3. The summed E-state index contributed by atoms with van der Waals surface area (Å²) >= 11 is 0. The van der Waals surface area contributed by atoms with E-state index in [1.807, 2.05) is 12.1 Å². The lowest BCUT2D eigenvalue weighted by atomic mass is 9.98. The summed E-state index contributed by atoms with van der Waals surface area (Å²) in [6.07, 6.45) is 1.81. The first kappa shape index (κ1) is 11.8. The van der Waals surface area contributed by atoms with E-state index < -0.39 is 6.10 Å². The maximum atomic E-state index is 10.6. The number of nitrogens with zero attached hydrogens (tertiary/aromatic N) is 1. The molecule has 2 aromatic rings. The summed E-state index contributed by atoms with van der Waals surface area (Å²) in [6.45, 7) is 3.11. The molecule has 0 aliphatic carbocycles. The quantitative estimate of drug-likeness (QED) is 0.850. The molecule has 1 aromatic carbocycles. The third-order valence-electron chi connectivity index (χ3n) is 4.22. The van der Waals surface area contributed by atoms with Crippen LogP contribution in [0.15, 0.2) is 24.3 Å². The van der Waals surface area contributed by atoms with Crippen LogP contribution in [0.5, 0.6) is 0 Å². The van der Waals surface area contributed by atoms with Crippen LogP contribution >= 0.6 is 0 Å². The molecule has 2 N–H and O–H groups in total. The van der Waals surface area contributed by atoms with Crippen molar-refractivity contribution in [1.82, 2.24) is 9.88 Å². The highest BCUT2D eigenvalue weighted by Gasteiger charge is 2.28. The van der Waals surface area contributed by atoms with Crippen molar-refractivity contribution in [3.8, 4) is 0 Å². The van der Waals surface area contributed by atoms with Gasteiger partial charge in [0.25, 0.3) is 0 Å². The summed E-state index contributed by atoms with van der Waals surface area (Å²) in [6, 6.07) is 8.51. The van der Waals surface area contributed by atoms with Crippen LogP contribution in [0.2, 0.25) is 0 Å². The van der Waals surface area contributed by atoms with Gasteiger partial charge in [-0.1, -0.05) is 18.2 Å². The maximum absolute atomic E-state index is 10.6. The first-order valence-electron chi connectivity index (χ1n) is 6.65. The number of nitrogens with one attached hydrogen (secondary N) is 1. The normalized spacial score (nSPS) is 21.6. The van der Waals surface area contributed by atoms with Gasteiger partial charge in [-0.3, -0.25) is 0 Å². The predicted molar refractivity (Wildman–Crippen MR) is 73.6 cm³/mol. The van der Waals surface area contributed by atoms with Crippen molar-refractivity contribution in [2.75, 3.05) is 6.54 Å². The van der Waals surface area contributed by atoms with Crippen molar-refractivity contribution in [1.29, 1.82) is 0 Å². The lowest BCUT2D eigenvalue weighted by molar-refractivity contribution is 0.138. The Hall–Kier alpha value is -1.32. The zero-order valence-corrected chi connectivity index (χ0v) is 11.0. The Bertz CT molecular complexity index is 567. The SMILES string of the molecule is Cc1c(C(O)C2CCCN2)c2ccccc2n1C. The monoisotopic (exact) mass is 244 g/mol. The summed E-state index contributed by atoms with van der Waals surface area (Å²) < 4.78 is 2.17. The van der Waals surface area contributed by atoms with E-state index in [1.165, 1.54) is 10.9 Å². The summed E-state index contributed by atoms with van der Waals surface area (Å²) in [4.78, 5) is 0. The summed E-state index contributed by atoms with van der Waals surface area (Å²) in [5.41, 5.74) is 3.45. The van der Waals surface area contributed by atoms with Gasteiger partial charge in [0.05, 0.1) is 6.10 Å². The molecule has 1 aromatic heterocycles. The molecule has 1 aliphatic rings. The molecule has 2 heterocycles. The minimum Gasteiger partial charge on any atom is -0.387 e. The molecule has 3 nitrogen and oxygen atoms in total. The molecule has 1 fully saturated rings. The number of aromatic nitrogens is 1. The number of hydrogen-bond donors (Lipinski definition) is 2. The van der Waals surface area contributed by atoms with E-state index in [0.717, 1.165) is 30.6 Å². The predicted octanol–water partition coefficient (Wildman–Crippen LogP) is 2.27. The molecular formula is C15H20N2O. The fraction of sp³-hybridized carbons (Fsp3) is 0.467. The van der Waals surface area contributed by atoms with Gasteiger partial charge in [-0.05, 0) is 32.4 Å². The van der Waals surface area contributed by atoms with Gasteiger partial charge in [0, 0.05) is 35.2 Å². The average molecular weight is 244 g/mol. The highest BCUT2D eigenvalue weighted by Crippen LogP contribution is 2.33. The van der Waals surface area contributed by atoms with Gasteiger partial charge in [0.2, 0.25) is 0 Å². The first-order valence-corrected chi connectivity index (χ1v) is 6.65. The number of hydrogen-bond acceptors (Lipinski definition) is 2. The number of fused-ring (bicyclic) bond motifs is 1. The molecule has 18 heavy (non-hydrogen) atoms. The van der Waals surface area contributed by atoms with Crippen molar-refractivity contribution in [3.05, 3.63) is 35.5 Å². The minimum atomic E-state index is -0.404. The molecule has 0 saturated carbocycles. The molecule has 3 heteroatoms. The topological polar surface area (TPSA) is 37.2 Å². The molecule has 2 unspecified atom stereocenters. The minimum absolute atomic E-state index is 0.203. The van der Waals surface area contributed by atoms with Crippen LogP contribution < -0.4 is 5.32 Å². The first-order chi connectivity index (χ1) is 8.70. The number of aliphatic hydroxyl groups is 1. The van der Waals surface area contributed by atoms with Crippen LogP contribution in [-0.4, -0.2) is 22.3 Å². The van der Waals surface area contributed by atoms with Crippen molar-refractivity contribution < 1.29 is 5.11 Å². The second-order valence-corrected chi connectivity index (χ2v) is 5.22. The van der Waals surface area contributed by atoms with Crippen molar-refractivity contribution in [2.45, 2.75) is 31.9 Å². The number of aryl methyl sites for hydroxylation is 1. The number of aliphatic hydroxyl groups excluding tert-OH is 1. The molecule has 1 saturated heterocycles. The Kier molecular flexibility index (Phi) is 2.88. The Morgan fingerprint density at radius 2 is 2.17 bits per heavy atom. The largest absolute Gasteiger partial charge is 0.387 e. The molecule has 3 rings (SSSR count). The fourth-order valence-corrected chi connectivity index (χ4v) is 3.11. The third kappa shape index (κ3) is 1.66. The third-order valence-corrected chi connectivity index (χ3v) is 4.22. The van der Waals surface area contributed by atoms with E-state index in [1.54, 1.807) is 0 Å². The Labute approximate surface area is 107 Å². The van der Waals surface area contributed by atoms with Crippen molar-refractivity contribution in [3.63, 3.8) is 0 Å². The van der Waals surface area contributed by atoms with E-state index in [2.05, 4.69) is 36.0 Å². The summed E-state index contributed by atoms with van der Waals surface area (Å²) in [5, 5.41) is 15.2. The average Bonchev–Trinajstić information content (AvgIpc) is 2.99. The van der Waals surface area contributed by atoms with E-state index >= 15 is 0 Å². The molecule has 96 valence electrons. The van der Waals surface area contributed by atoms with Crippen LogP contribution in [0.25, 0.3) is 10.9 Å².